The zero-order chi connectivity index (χ0) is 19.9. The van der Waals surface area contributed by atoms with E-state index >= 15 is 0 Å². The number of carbonyl (C=O) groups is 3. The van der Waals surface area contributed by atoms with Crippen molar-refractivity contribution in [2.75, 3.05) is 11.9 Å². The lowest BCUT2D eigenvalue weighted by Gasteiger charge is -2.08. The number of benzene rings is 2. The van der Waals surface area contributed by atoms with Crippen LogP contribution in [-0.4, -0.2) is 24.3 Å². The maximum atomic E-state index is 12.4. The van der Waals surface area contributed by atoms with Crippen molar-refractivity contribution in [1.29, 1.82) is 0 Å². The highest BCUT2D eigenvalue weighted by molar-refractivity contribution is 7.12. The van der Waals surface area contributed by atoms with Crippen LogP contribution in [0.25, 0.3) is 0 Å². The van der Waals surface area contributed by atoms with E-state index < -0.39 is 5.91 Å². The van der Waals surface area contributed by atoms with Crippen LogP contribution < -0.4 is 16.4 Å². The second kappa shape index (κ2) is 8.96. The molecular weight excluding hydrogens is 374 g/mol. The average Bonchev–Trinajstić information content (AvgIpc) is 3.23. The third-order valence-electron chi connectivity index (χ3n) is 4.04. The summed E-state index contributed by atoms with van der Waals surface area (Å²) in [5.74, 6) is -0.924. The van der Waals surface area contributed by atoms with Crippen LogP contribution in [0.5, 0.6) is 0 Å². The Morgan fingerprint density at radius 1 is 0.893 bits per heavy atom. The molecule has 1 aromatic heterocycles. The number of carbonyl (C=O) groups excluding carboxylic acids is 3. The summed E-state index contributed by atoms with van der Waals surface area (Å²) < 4.78 is 0. The van der Waals surface area contributed by atoms with Crippen LogP contribution in [0.3, 0.4) is 0 Å². The number of primary amides is 1. The molecule has 0 saturated carbocycles. The summed E-state index contributed by atoms with van der Waals surface area (Å²) in [5, 5.41) is 7.46. The number of hydrogen-bond donors (Lipinski definition) is 3. The number of nitrogens with two attached hydrogens (primary N) is 1. The Kier molecular flexibility index (Phi) is 6.18. The minimum atomic E-state index is -0.479. The molecule has 1 heterocycles. The molecule has 0 saturated heterocycles. The molecule has 0 aliphatic rings. The maximum Gasteiger partial charge on any atom is 0.265 e. The monoisotopic (exact) mass is 393 g/mol. The first kappa shape index (κ1) is 19.3. The molecule has 7 heteroatoms. The highest BCUT2D eigenvalue weighted by Crippen LogP contribution is 2.15. The average molecular weight is 393 g/mol. The summed E-state index contributed by atoms with van der Waals surface area (Å²) >= 11 is 1.35. The van der Waals surface area contributed by atoms with E-state index in [2.05, 4.69) is 10.6 Å². The van der Waals surface area contributed by atoms with Gasteiger partial charge in [0.2, 0.25) is 5.91 Å². The normalized spacial score (nSPS) is 10.3. The van der Waals surface area contributed by atoms with Crippen LogP contribution in [-0.2, 0) is 6.42 Å². The Labute approximate surface area is 166 Å². The molecule has 0 spiro atoms. The topological polar surface area (TPSA) is 101 Å². The van der Waals surface area contributed by atoms with Crippen molar-refractivity contribution >= 4 is 34.7 Å². The minimum Gasteiger partial charge on any atom is -0.366 e. The molecule has 0 bridgehead atoms. The molecule has 28 heavy (non-hydrogen) atoms. The number of thiophene rings is 1. The highest BCUT2D eigenvalue weighted by Gasteiger charge is 2.10. The number of rotatable bonds is 7. The van der Waals surface area contributed by atoms with E-state index in [-0.39, 0.29) is 11.8 Å². The Bertz CT molecular complexity index is 1000. The quantitative estimate of drug-likeness (QED) is 0.575. The summed E-state index contributed by atoms with van der Waals surface area (Å²) in [6.07, 6.45) is 0.571. The van der Waals surface area contributed by atoms with Crippen LogP contribution in [0.2, 0.25) is 0 Å². The summed E-state index contributed by atoms with van der Waals surface area (Å²) in [7, 11) is 0. The molecule has 0 aliphatic heterocycles. The van der Waals surface area contributed by atoms with Gasteiger partial charge in [-0.1, -0.05) is 24.3 Å². The molecule has 0 radical (unpaired) electrons. The van der Waals surface area contributed by atoms with Gasteiger partial charge in [0.15, 0.2) is 0 Å². The third-order valence-corrected chi connectivity index (χ3v) is 4.91. The molecule has 0 aliphatic carbocycles. The molecule has 0 atom stereocenters. The van der Waals surface area contributed by atoms with Crippen molar-refractivity contribution in [1.82, 2.24) is 5.32 Å². The Morgan fingerprint density at radius 3 is 2.43 bits per heavy atom. The van der Waals surface area contributed by atoms with Crippen molar-refractivity contribution in [3.63, 3.8) is 0 Å². The molecule has 3 rings (SSSR count). The molecular formula is C21H19N3O3S. The van der Waals surface area contributed by atoms with Gasteiger partial charge in [-0.3, -0.25) is 14.4 Å². The lowest BCUT2D eigenvalue weighted by molar-refractivity contribution is 0.0951. The lowest BCUT2D eigenvalue weighted by Crippen LogP contribution is -2.26. The molecule has 3 amide bonds. The predicted octanol–water partition coefficient (Wildman–Crippen LogP) is 3.07. The van der Waals surface area contributed by atoms with Crippen LogP contribution in [0.4, 0.5) is 5.69 Å². The first-order valence-electron chi connectivity index (χ1n) is 8.65. The maximum absolute atomic E-state index is 12.4. The van der Waals surface area contributed by atoms with Crippen molar-refractivity contribution in [2.45, 2.75) is 6.42 Å². The Hall–Kier alpha value is -3.45. The molecule has 0 unspecified atom stereocenters. The van der Waals surface area contributed by atoms with Crippen LogP contribution in [0, 0.1) is 0 Å². The summed E-state index contributed by atoms with van der Waals surface area (Å²) in [6, 6.07) is 17.3. The van der Waals surface area contributed by atoms with Gasteiger partial charge >= 0.3 is 0 Å². The van der Waals surface area contributed by atoms with Gasteiger partial charge in [0, 0.05) is 23.4 Å². The van der Waals surface area contributed by atoms with Crippen LogP contribution >= 0.6 is 11.3 Å². The highest BCUT2D eigenvalue weighted by atomic mass is 32.1. The van der Waals surface area contributed by atoms with Crippen LogP contribution in [0.15, 0.2) is 66.0 Å². The fourth-order valence-electron chi connectivity index (χ4n) is 2.64. The fourth-order valence-corrected chi connectivity index (χ4v) is 3.26. The molecule has 3 aromatic rings. The van der Waals surface area contributed by atoms with E-state index in [9.17, 15) is 14.4 Å². The van der Waals surface area contributed by atoms with Gasteiger partial charge in [-0.15, -0.1) is 11.3 Å². The molecule has 6 nitrogen and oxygen atoms in total. The van der Waals surface area contributed by atoms with Gasteiger partial charge in [-0.05, 0) is 53.8 Å². The number of hydrogen-bond acceptors (Lipinski definition) is 4. The summed E-state index contributed by atoms with van der Waals surface area (Å²) in [5.41, 5.74) is 7.64. The van der Waals surface area contributed by atoms with Crippen LogP contribution in [0.1, 0.15) is 36.0 Å². The van der Waals surface area contributed by atoms with Gasteiger partial charge in [-0.25, -0.2) is 0 Å². The first-order chi connectivity index (χ1) is 13.5. The van der Waals surface area contributed by atoms with Gasteiger partial charge in [-0.2, -0.15) is 0 Å². The third kappa shape index (κ3) is 5.05. The predicted molar refractivity (Wildman–Crippen MR) is 110 cm³/mol. The van der Waals surface area contributed by atoms with Gasteiger partial charge < -0.3 is 16.4 Å². The van der Waals surface area contributed by atoms with E-state index in [4.69, 9.17) is 5.73 Å². The molecule has 4 N–H and O–H groups in total. The van der Waals surface area contributed by atoms with E-state index in [1.807, 2.05) is 17.5 Å². The largest absolute Gasteiger partial charge is 0.366 e. The van der Waals surface area contributed by atoms with Gasteiger partial charge in [0.05, 0.1) is 4.88 Å². The second-order valence-corrected chi connectivity index (χ2v) is 7.03. The zero-order valence-electron chi connectivity index (χ0n) is 15.0. The van der Waals surface area contributed by atoms with E-state index in [1.165, 1.54) is 11.3 Å². The van der Waals surface area contributed by atoms with E-state index in [1.54, 1.807) is 48.5 Å². The first-order valence-corrected chi connectivity index (χ1v) is 9.53. The molecule has 142 valence electrons. The van der Waals surface area contributed by atoms with Gasteiger partial charge in [0.1, 0.15) is 0 Å². The van der Waals surface area contributed by atoms with E-state index in [0.29, 0.717) is 34.7 Å². The van der Waals surface area contributed by atoms with Crippen molar-refractivity contribution in [3.8, 4) is 0 Å². The lowest BCUT2D eigenvalue weighted by atomic mass is 10.1. The zero-order valence-corrected chi connectivity index (χ0v) is 15.8. The summed E-state index contributed by atoms with van der Waals surface area (Å²) in [6.45, 7) is 0.410. The van der Waals surface area contributed by atoms with Gasteiger partial charge in [0.25, 0.3) is 11.8 Å². The second-order valence-electron chi connectivity index (χ2n) is 6.08. The summed E-state index contributed by atoms with van der Waals surface area (Å²) in [4.78, 5) is 36.3. The Morgan fingerprint density at radius 2 is 1.68 bits per heavy atom. The number of anilines is 1. The van der Waals surface area contributed by atoms with E-state index in [0.717, 1.165) is 5.56 Å². The smallest absolute Gasteiger partial charge is 0.265 e. The Balaban J connectivity index is 1.56. The molecule has 0 fully saturated rings. The van der Waals surface area contributed by atoms with Crippen molar-refractivity contribution in [2.24, 2.45) is 5.73 Å². The SMILES string of the molecule is NC(=O)c1cccc(CCNC(=O)c2cccc(NC(=O)c3cccs3)c2)c1. The van der Waals surface area contributed by atoms with Crippen molar-refractivity contribution < 1.29 is 14.4 Å². The fraction of sp³-hybridized carbons (Fsp3) is 0.0952. The van der Waals surface area contributed by atoms with Crippen molar-refractivity contribution in [3.05, 3.63) is 87.6 Å². The molecule has 2 aromatic carbocycles. The number of nitrogens with one attached hydrogen (secondary N) is 2. The number of amides is 3. The minimum absolute atomic E-state index is 0.207. The standard InChI is InChI=1S/C21H19N3O3S/c22-19(25)15-5-1-4-14(12-15)9-10-23-20(26)16-6-2-7-17(13-16)24-21(27)18-8-3-11-28-18/h1-8,11-13H,9-10H2,(H2,22,25)(H,23,26)(H,24,27).